The number of hydrogen-bond acceptors (Lipinski definition) is 5. The van der Waals surface area contributed by atoms with E-state index in [4.69, 9.17) is 12.2 Å². The van der Waals surface area contributed by atoms with Gasteiger partial charge in [-0.15, -0.1) is 0 Å². The first-order valence-corrected chi connectivity index (χ1v) is 9.31. The van der Waals surface area contributed by atoms with Gasteiger partial charge in [0.05, 0.1) is 12.1 Å². The number of carbonyl (C=O) groups is 1. The average Bonchev–Trinajstić information content (AvgIpc) is 2.68. The Kier molecular flexibility index (Phi) is 5.77. The van der Waals surface area contributed by atoms with Gasteiger partial charge in [0.15, 0.2) is 0 Å². The zero-order valence-electron chi connectivity index (χ0n) is 15.6. The SMILES string of the molecule is CN(C)C(=O)Cc1cccc(N2CCN(c3cc[nH]c(=S)c3C#N)CC2)c1. The van der Waals surface area contributed by atoms with Crippen LogP contribution in [0, 0.1) is 16.0 Å². The Morgan fingerprint density at radius 2 is 1.93 bits per heavy atom. The topological polar surface area (TPSA) is 66.4 Å². The number of nitriles is 1. The van der Waals surface area contributed by atoms with Crippen LogP contribution in [0.3, 0.4) is 0 Å². The molecule has 3 rings (SSSR count). The number of H-pyrrole nitrogens is 1. The maximum absolute atomic E-state index is 12.0. The van der Waals surface area contributed by atoms with E-state index >= 15 is 0 Å². The lowest BCUT2D eigenvalue weighted by atomic mass is 10.1. The molecule has 1 aliphatic rings. The Morgan fingerprint density at radius 1 is 1.22 bits per heavy atom. The minimum Gasteiger partial charge on any atom is -0.368 e. The van der Waals surface area contributed by atoms with E-state index in [0.717, 1.165) is 43.1 Å². The normalized spacial score (nSPS) is 14.0. The maximum Gasteiger partial charge on any atom is 0.226 e. The third-order valence-electron chi connectivity index (χ3n) is 4.80. The quantitative estimate of drug-likeness (QED) is 0.825. The summed E-state index contributed by atoms with van der Waals surface area (Å²) in [5.41, 5.74) is 3.58. The van der Waals surface area contributed by atoms with Crippen LogP contribution in [-0.4, -0.2) is 56.1 Å². The molecule has 27 heavy (non-hydrogen) atoms. The van der Waals surface area contributed by atoms with Crippen LogP contribution < -0.4 is 9.80 Å². The monoisotopic (exact) mass is 381 g/mol. The summed E-state index contributed by atoms with van der Waals surface area (Å²) in [6.45, 7) is 3.32. The summed E-state index contributed by atoms with van der Waals surface area (Å²) in [5, 5.41) is 9.40. The van der Waals surface area contributed by atoms with Crippen molar-refractivity contribution in [3.8, 4) is 6.07 Å². The van der Waals surface area contributed by atoms with Gasteiger partial charge >= 0.3 is 0 Å². The van der Waals surface area contributed by atoms with Crippen LogP contribution >= 0.6 is 12.2 Å². The van der Waals surface area contributed by atoms with Gasteiger partial charge < -0.3 is 19.7 Å². The van der Waals surface area contributed by atoms with Gasteiger partial charge in [-0.1, -0.05) is 24.4 Å². The van der Waals surface area contributed by atoms with Gasteiger partial charge in [-0.05, 0) is 23.8 Å². The molecule has 6 nitrogen and oxygen atoms in total. The molecule has 0 spiro atoms. The second kappa shape index (κ2) is 8.23. The molecule has 7 heteroatoms. The molecule has 0 atom stereocenters. The number of pyridine rings is 1. The van der Waals surface area contributed by atoms with E-state index < -0.39 is 0 Å². The lowest BCUT2D eigenvalue weighted by Crippen LogP contribution is -2.46. The van der Waals surface area contributed by atoms with E-state index in [0.29, 0.717) is 16.6 Å². The number of anilines is 2. The van der Waals surface area contributed by atoms with Crippen LogP contribution in [0.5, 0.6) is 0 Å². The summed E-state index contributed by atoms with van der Waals surface area (Å²) < 4.78 is 0.482. The maximum atomic E-state index is 12.0. The largest absolute Gasteiger partial charge is 0.368 e. The third-order valence-corrected chi connectivity index (χ3v) is 5.12. The molecule has 1 aromatic carbocycles. The van der Waals surface area contributed by atoms with Crippen LogP contribution in [0.15, 0.2) is 36.5 Å². The Labute approximate surface area is 164 Å². The molecule has 140 valence electrons. The van der Waals surface area contributed by atoms with Crippen molar-refractivity contribution in [1.82, 2.24) is 9.88 Å². The smallest absolute Gasteiger partial charge is 0.226 e. The molecular formula is C20H23N5OS. The molecule has 0 unspecified atom stereocenters. The Bertz CT molecular complexity index is 922. The molecule has 1 fully saturated rings. The zero-order chi connectivity index (χ0) is 19.4. The average molecular weight is 382 g/mol. The Morgan fingerprint density at radius 3 is 2.59 bits per heavy atom. The van der Waals surface area contributed by atoms with Gasteiger partial charge in [0, 0.05) is 52.2 Å². The second-order valence-electron chi connectivity index (χ2n) is 6.79. The minimum absolute atomic E-state index is 0.0987. The number of aromatic nitrogens is 1. The van der Waals surface area contributed by atoms with Gasteiger partial charge in [-0.2, -0.15) is 5.26 Å². The summed E-state index contributed by atoms with van der Waals surface area (Å²) >= 11 is 5.23. The van der Waals surface area contributed by atoms with Crippen molar-refractivity contribution in [2.45, 2.75) is 6.42 Å². The summed E-state index contributed by atoms with van der Waals surface area (Å²) in [6.07, 6.45) is 2.20. The van der Waals surface area contributed by atoms with Gasteiger partial charge in [0.1, 0.15) is 16.3 Å². The van der Waals surface area contributed by atoms with Crippen molar-refractivity contribution in [2.75, 3.05) is 50.1 Å². The lowest BCUT2D eigenvalue weighted by Gasteiger charge is -2.37. The highest BCUT2D eigenvalue weighted by atomic mass is 32.1. The van der Waals surface area contributed by atoms with Crippen LogP contribution in [-0.2, 0) is 11.2 Å². The third kappa shape index (κ3) is 4.29. The van der Waals surface area contributed by atoms with Crippen molar-refractivity contribution >= 4 is 29.5 Å². The van der Waals surface area contributed by atoms with E-state index in [1.165, 1.54) is 0 Å². The van der Waals surface area contributed by atoms with Gasteiger partial charge in [0.25, 0.3) is 0 Å². The number of amides is 1. The van der Waals surface area contributed by atoms with E-state index in [1.54, 1.807) is 25.2 Å². The fourth-order valence-corrected chi connectivity index (χ4v) is 3.46. The first-order chi connectivity index (χ1) is 13.0. The van der Waals surface area contributed by atoms with Crippen LogP contribution in [0.4, 0.5) is 11.4 Å². The van der Waals surface area contributed by atoms with E-state index in [1.807, 2.05) is 18.2 Å². The molecule has 2 aromatic rings. The number of nitrogens with zero attached hydrogens (tertiary/aromatic N) is 4. The minimum atomic E-state index is 0.0987. The lowest BCUT2D eigenvalue weighted by molar-refractivity contribution is -0.127. The number of likely N-dealkylation sites (N-methyl/N-ethyl adjacent to an activating group) is 1. The van der Waals surface area contributed by atoms with Crippen molar-refractivity contribution < 1.29 is 4.79 Å². The summed E-state index contributed by atoms with van der Waals surface area (Å²) in [5.74, 6) is 0.0987. The summed E-state index contributed by atoms with van der Waals surface area (Å²) in [6, 6.07) is 12.3. The van der Waals surface area contributed by atoms with Gasteiger partial charge in [0.2, 0.25) is 5.91 Å². The van der Waals surface area contributed by atoms with Gasteiger partial charge in [-0.3, -0.25) is 4.79 Å². The molecule has 1 aromatic heterocycles. The predicted molar refractivity (Wildman–Crippen MR) is 110 cm³/mol. The predicted octanol–water partition coefficient (Wildman–Crippen LogP) is 2.57. The number of rotatable bonds is 4. The highest BCUT2D eigenvalue weighted by molar-refractivity contribution is 7.71. The van der Waals surface area contributed by atoms with Crippen LogP contribution in [0.25, 0.3) is 0 Å². The van der Waals surface area contributed by atoms with Crippen molar-refractivity contribution in [2.24, 2.45) is 0 Å². The number of nitrogens with one attached hydrogen (secondary N) is 1. The molecule has 1 saturated heterocycles. The standard InChI is InChI=1S/C20H23N5OS/c1-23(2)19(26)13-15-4-3-5-16(12-15)24-8-10-25(11-9-24)18-6-7-22-20(27)17(18)14-21/h3-7,12H,8-11,13H2,1-2H3,(H,22,27). The van der Waals surface area contributed by atoms with E-state index in [2.05, 4.69) is 33.0 Å². The molecule has 0 aliphatic carbocycles. The number of benzene rings is 1. The zero-order valence-corrected chi connectivity index (χ0v) is 16.4. The molecule has 0 saturated carbocycles. The Hall–Kier alpha value is -2.85. The molecule has 1 amide bonds. The first kappa shape index (κ1) is 18.9. The van der Waals surface area contributed by atoms with Crippen LogP contribution in [0.2, 0.25) is 0 Å². The van der Waals surface area contributed by atoms with E-state index in [-0.39, 0.29) is 5.91 Å². The molecule has 2 heterocycles. The Balaban J connectivity index is 1.70. The highest BCUT2D eigenvalue weighted by Gasteiger charge is 2.20. The number of carbonyl (C=O) groups excluding carboxylic acids is 1. The van der Waals surface area contributed by atoms with Crippen molar-refractivity contribution in [1.29, 1.82) is 5.26 Å². The molecule has 0 bridgehead atoms. The van der Waals surface area contributed by atoms with Crippen LogP contribution in [0.1, 0.15) is 11.1 Å². The fourth-order valence-electron chi connectivity index (χ4n) is 3.24. The molecule has 1 aliphatic heterocycles. The van der Waals surface area contributed by atoms with Crippen molar-refractivity contribution in [3.63, 3.8) is 0 Å². The second-order valence-corrected chi connectivity index (χ2v) is 7.20. The highest BCUT2D eigenvalue weighted by Crippen LogP contribution is 2.24. The molecular weight excluding hydrogens is 358 g/mol. The number of hydrogen-bond donors (Lipinski definition) is 1. The summed E-state index contributed by atoms with van der Waals surface area (Å²) in [7, 11) is 3.55. The van der Waals surface area contributed by atoms with Crippen molar-refractivity contribution in [3.05, 3.63) is 52.3 Å². The summed E-state index contributed by atoms with van der Waals surface area (Å²) in [4.78, 5) is 21.0. The molecule has 1 N–H and O–H groups in total. The van der Waals surface area contributed by atoms with Gasteiger partial charge in [-0.25, -0.2) is 0 Å². The first-order valence-electron chi connectivity index (χ1n) is 8.90. The number of aromatic amines is 1. The number of piperazine rings is 1. The fraction of sp³-hybridized carbons (Fsp3) is 0.350. The van der Waals surface area contributed by atoms with E-state index in [9.17, 15) is 10.1 Å². The molecule has 0 radical (unpaired) electrons.